The number of hydrogen-bond donors (Lipinski definition) is 2. The van der Waals surface area contributed by atoms with Gasteiger partial charge in [-0.2, -0.15) is 0 Å². The summed E-state index contributed by atoms with van der Waals surface area (Å²) in [6.45, 7) is 1.56. The molecule has 0 bridgehead atoms. The average Bonchev–Trinajstić information content (AvgIpc) is 2.44. The molecule has 0 saturated carbocycles. The lowest BCUT2D eigenvalue weighted by Gasteiger charge is -2.15. The molecule has 2 atom stereocenters. The Morgan fingerprint density at radius 2 is 1.95 bits per heavy atom. The number of methoxy groups -OCH3 is 1. The summed E-state index contributed by atoms with van der Waals surface area (Å²) in [5, 5.41) is 12.5. The zero-order valence-corrected chi connectivity index (χ0v) is 12.3. The van der Waals surface area contributed by atoms with E-state index in [1.165, 1.54) is 19.2 Å². The van der Waals surface area contributed by atoms with Crippen LogP contribution >= 0.6 is 0 Å². The van der Waals surface area contributed by atoms with E-state index in [1.807, 2.05) is 0 Å². The van der Waals surface area contributed by atoms with E-state index in [0.717, 1.165) is 0 Å². The number of sulfone groups is 1. The van der Waals surface area contributed by atoms with E-state index in [4.69, 9.17) is 0 Å². The number of carbonyl (C=O) groups is 1. The second kappa shape index (κ2) is 7.37. The van der Waals surface area contributed by atoms with Crippen molar-refractivity contribution in [2.45, 2.75) is 24.0 Å². The van der Waals surface area contributed by atoms with Crippen LogP contribution in [-0.2, 0) is 19.4 Å². The van der Waals surface area contributed by atoms with Crippen LogP contribution < -0.4 is 5.32 Å². The molecule has 2 N–H and O–H groups in total. The first-order valence-electron chi connectivity index (χ1n) is 6.14. The van der Waals surface area contributed by atoms with Gasteiger partial charge in [-0.1, -0.05) is 18.2 Å². The van der Waals surface area contributed by atoms with Crippen molar-refractivity contribution in [2.75, 3.05) is 19.4 Å². The summed E-state index contributed by atoms with van der Waals surface area (Å²) >= 11 is 0. The lowest BCUT2D eigenvalue weighted by molar-refractivity contribution is -0.142. The summed E-state index contributed by atoms with van der Waals surface area (Å²) in [5.41, 5.74) is 0. The van der Waals surface area contributed by atoms with Gasteiger partial charge in [-0.05, 0) is 19.1 Å². The molecular formula is C13H19NO5S. The zero-order valence-electron chi connectivity index (χ0n) is 11.4. The molecule has 0 spiro atoms. The van der Waals surface area contributed by atoms with Gasteiger partial charge in [0, 0.05) is 6.54 Å². The number of ether oxygens (including phenoxy) is 1. The maximum absolute atomic E-state index is 12.0. The van der Waals surface area contributed by atoms with Gasteiger partial charge in [-0.15, -0.1) is 0 Å². The van der Waals surface area contributed by atoms with Crippen LogP contribution in [0.25, 0.3) is 0 Å². The molecule has 6 nitrogen and oxygen atoms in total. The Hall–Kier alpha value is -1.44. The first kappa shape index (κ1) is 16.6. The van der Waals surface area contributed by atoms with E-state index in [-0.39, 0.29) is 11.4 Å². The maximum atomic E-state index is 12.0. The quantitative estimate of drug-likeness (QED) is 0.687. The minimum atomic E-state index is -3.54. The van der Waals surface area contributed by atoms with Crippen molar-refractivity contribution in [1.29, 1.82) is 0 Å². The Labute approximate surface area is 118 Å². The first-order valence-corrected chi connectivity index (χ1v) is 7.79. The van der Waals surface area contributed by atoms with Gasteiger partial charge in [-0.3, -0.25) is 4.79 Å². The monoisotopic (exact) mass is 301 g/mol. The Morgan fingerprint density at radius 3 is 2.50 bits per heavy atom. The van der Waals surface area contributed by atoms with E-state index < -0.39 is 33.7 Å². The molecule has 0 aliphatic rings. The number of nitrogens with one attached hydrogen (secondary N) is 1. The Balaban J connectivity index is 2.54. The SMILES string of the molecule is COC(=O)C(C)NCC(O)CS(=O)(=O)c1ccccc1. The third kappa shape index (κ3) is 4.92. The number of carbonyl (C=O) groups excluding carboxylic acids is 1. The highest BCUT2D eigenvalue weighted by molar-refractivity contribution is 7.91. The van der Waals surface area contributed by atoms with E-state index in [0.29, 0.717) is 0 Å². The van der Waals surface area contributed by atoms with Crippen molar-refractivity contribution < 1.29 is 23.1 Å². The molecule has 7 heteroatoms. The second-order valence-corrected chi connectivity index (χ2v) is 6.44. The molecule has 0 heterocycles. The van der Waals surface area contributed by atoms with Crippen LogP contribution in [0, 0.1) is 0 Å². The molecule has 20 heavy (non-hydrogen) atoms. The van der Waals surface area contributed by atoms with Crippen LogP contribution in [0.3, 0.4) is 0 Å². The van der Waals surface area contributed by atoms with Crippen molar-refractivity contribution in [3.8, 4) is 0 Å². The molecule has 1 aromatic rings. The zero-order chi connectivity index (χ0) is 15.2. The number of hydrogen-bond acceptors (Lipinski definition) is 6. The van der Waals surface area contributed by atoms with Gasteiger partial charge in [0.05, 0.1) is 23.9 Å². The highest BCUT2D eigenvalue weighted by atomic mass is 32.2. The Kier molecular flexibility index (Phi) is 6.12. The number of rotatable bonds is 7. The predicted molar refractivity (Wildman–Crippen MR) is 74.0 cm³/mol. The Bertz CT molecular complexity index is 529. The molecule has 0 radical (unpaired) electrons. The third-order valence-electron chi connectivity index (χ3n) is 2.73. The summed E-state index contributed by atoms with van der Waals surface area (Å²) < 4.78 is 28.5. The van der Waals surface area contributed by atoms with E-state index in [2.05, 4.69) is 10.1 Å². The van der Waals surface area contributed by atoms with Gasteiger partial charge in [-0.25, -0.2) is 8.42 Å². The van der Waals surface area contributed by atoms with Gasteiger partial charge in [0.25, 0.3) is 0 Å². The minimum absolute atomic E-state index is 0.0116. The maximum Gasteiger partial charge on any atom is 0.322 e. The van der Waals surface area contributed by atoms with Crippen molar-refractivity contribution in [2.24, 2.45) is 0 Å². The average molecular weight is 301 g/mol. The normalized spacial score (nSPS) is 14.6. The van der Waals surface area contributed by atoms with Gasteiger partial charge in [0.15, 0.2) is 9.84 Å². The smallest absolute Gasteiger partial charge is 0.322 e. The van der Waals surface area contributed by atoms with Crippen molar-refractivity contribution in [1.82, 2.24) is 5.32 Å². The predicted octanol–water partition coefficient (Wildman–Crippen LogP) is -0.0277. The molecule has 112 valence electrons. The van der Waals surface area contributed by atoms with E-state index >= 15 is 0 Å². The minimum Gasteiger partial charge on any atom is -0.468 e. The van der Waals surface area contributed by atoms with Gasteiger partial charge in [0.1, 0.15) is 6.04 Å². The second-order valence-electron chi connectivity index (χ2n) is 4.40. The standard InChI is InChI=1S/C13H19NO5S/c1-10(13(16)19-2)14-8-11(15)9-20(17,18)12-6-4-3-5-7-12/h3-7,10-11,14-15H,8-9H2,1-2H3. The highest BCUT2D eigenvalue weighted by Gasteiger charge is 2.21. The molecule has 2 unspecified atom stereocenters. The van der Waals surface area contributed by atoms with Crippen LogP contribution in [0.5, 0.6) is 0 Å². The molecule has 0 aromatic heterocycles. The molecule has 0 aliphatic heterocycles. The van der Waals surface area contributed by atoms with E-state index in [1.54, 1.807) is 25.1 Å². The Morgan fingerprint density at radius 1 is 1.35 bits per heavy atom. The fraction of sp³-hybridized carbons (Fsp3) is 0.462. The fourth-order valence-corrected chi connectivity index (χ4v) is 3.00. The summed E-state index contributed by atoms with van der Waals surface area (Å²) in [5.74, 6) is -0.874. The summed E-state index contributed by atoms with van der Waals surface area (Å²) in [7, 11) is -2.28. The first-order chi connectivity index (χ1) is 9.36. The number of esters is 1. The third-order valence-corrected chi connectivity index (χ3v) is 4.54. The van der Waals surface area contributed by atoms with E-state index in [9.17, 15) is 18.3 Å². The molecule has 1 aromatic carbocycles. The van der Waals surface area contributed by atoms with Crippen LogP contribution in [-0.4, -0.2) is 51.0 Å². The van der Waals surface area contributed by atoms with Crippen LogP contribution in [0.1, 0.15) is 6.92 Å². The van der Waals surface area contributed by atoms with Crippen LogP contribution in [0.4, 0.5) is 0 Å². The summed E-state index contributed by atoms with van der Waals surface area (Å²) in [6.07, 6.45) is -1.10. The number of aliphatic hydroxyl groups is 1. The molecular weight excluding hydrogens is 282 g/mol. The molecule has 0 aliphatic carbocycles. The topological polar surface area (TPSA) is 92.7 Å². The highest BCUT2D eigenvalue weighted by Crippen LogP contribution is 2.11. The molecule has 0 amide bonds. The molecule has 1 rings (SSSR count). The van der Waals surface area contributed by atoms with Crippen molar-refractivity contribution >= 4 is 15.8 Å². The summed E-state index contributed by atoms with van der Waals surface area (Å²) in [4.78, 5) is 11.3. The fourth-order valence-electron chi connectivity index (χ4n) is 1.61. The van der Waals surface area contributed by atoms with Crippen molar-refractivity contribution in [3.63, 3.8) is 0 Å². The van der Waals surface area contributed by atoms with Crippen LogP contribution in [0.2, 0.25) is 0 Å². The van der Waals surface area contributed by atoms with Crippen molar-refractivity contribution in [3.05, 3.63) is 30.3 Å². The molecule has 0 fully saturated rings. The van der Waals surface area contributed by atoms with Gasteiger partial charge in [0.2, 0.25) is 0 Å². The summed E-state index contributed by atoms with van der Waals surface area (Å²) in [6, 6.07) is 7.32. The number of aliphatic hydroxyl groups excluding tert-OH is 1. The van der Waals surface area contributed by atoms with Gasteiger partial charge < -0.3 is 15.2 Å². The number of benzene rings is 1. The lowest BCUT2D eigenvalue weighted by atomic mass is 10.3. The van der Waals surface area contributed by atoms with Gasteiger partial charge >= 0.3 is 5.97 Å². The largest absolute Gasteiger partial charge is 0.468 e. The molecule has 0 saturated heterocycles. The van der Waals surface area contributed by atoms with Crippen LogP contribution in [0.15, 0.2) is 35.2 Å². The lowest BCUT2D eigenvalue weighted by Crippen LogP contribution is -2.41.